The SMILES string of the molecule is CC1CC(NS(=O)(=O)c2cc(CNC(C)C)sc2Br)C1. The van der Waals surface area contributed by atoms with E-state index in [0.29, 0.717) is 27.2 Å². The summed E-state index contributed by atoms with van der Waals surface area (Å²) in [7, 11) is -3.41. The largest absolute Gasteiger partial charge is 0.310 e. The molecule has 1 aromatic rings. The molecule has 0 spiro atoms. The third kappa shape index (κ3) is 4.04. The van der Waals surface area contributed by atoms with Gasteiger partial charge in [0.15, 0.2) is 0 Å². The highest BCUT2D eigenvalue weighted by Gasteiger charge is 2.31. The molecule has 0 amide bonds. The van der Waals surface area contributed by atoms with Crippen LogP contribution in [0.5, 0.6) is 0 Å². The summed E-state index contributed by atoms with van der Waals surface area (Å²) in [6.45, 7) is 6.97. The van der Waals surface area contributed by atoms with Gasteiger partial charge in [0.1, 0.15) is 4.90 Å². The van der Waals surface area contributed by atoms with Crippen LogP contribution in [0.2, 0.25) is 0 Å². The highest BCUT2D eigenvalue weighted by molar-refractivity contribution is 9.11. The van der Waals surface area contributed by atoms with Crippen LogP contribution in [0.3, 0.4) is 0 Å². The number of hydrogen-bond acceptors (Lipinski definition) is 4. The van der Waals surface area contributed by atoms with Crippen molar-refractivity contribution in [1.29, 1.82) is 0 Å². The Morgan fingerprint density at radius 3 is 2.65 bits per heavy atom. The van der Waals surface area contributed by atoms with Gasteiger partial charge in [-0.05, 0) is 40.8 Å². The maximum atomic E-state index is 12.4. The summed E-state index contributed by atoms with van der Waals surface area (Å²) >= 11 is 4.84. The lowest BCUT2D eigenvalue weighted by molar-refractivity contribution is 0.270. The smallest absolute Gasteiger partial charge is 0.242 e. The van der Waals surface area contributed by atoms with Gasteiger partial charge in [-0.25, -0.2) is 13.1 Å². The topological polar surface area (TPSA) is 58.2 Å². The van der Waals surface area contributed by atoms with Gasteiger partial charge in [-0.1, -0.05) is 20.8 Å². The van der Waals surface area contributed by atoms with Crippen LogP contribution in [0.15, 0.2) is 14.7 Å². The minimum Gasteiger partial charge on any atom is -0.310 e. The number of rotatable bonds is 6. The molecule has 7 heteroatoms. The predicted molar refractivity (Wildman–Crippen MR) is 86.5 cm³/mol. The average Bonchev–Trinajstić information content (AvgIpc) is 2.66. The molecule has 1 fully saturated rings. The summed E-state index contributed by atoms with van der Waals surface area (Å²) in [5, 5.41) is 3.30. The Labute approximate surface area is 133 Å². The van der Waals surface area contributed by atoms with Crippen LogP contribution < -0.4 is 10.0 Å². The normalized spacial score (nSPS) is 23.1. The molecule has 20 heavy (non-hydrogen) atoms. The first kappa shape index (κ1) is 16.4. The Morgan fingerprint density at radius 1 is 1.45 bits per heavy atom. The maximum Gasteiger partial charge on any atom is 0.242 e. The van der Waals surface area contributed by atoms with Crippen molar-refractivity contribution in [1.82, 2.24) is 10.0 Å². The van der Waals surface area contributed by atoms with E-state index in [1.165, 1.54) is 11.3 Å². The van der Waals surface area contributed by atoms with Crippen molar-refractivity contribution in [2.75, 3.05) is 0 Å². The van der Waals surface area contributed by atoms with E-state index in [2.05, 4.69) is 46.7 Å². The van der Waals surface area contributed by atoms with Crippen LogP contribution in [0.1, 0.15) is 38.5 Å². The fourth-order valence-corrected chi connectivity index (χ4v) is 6.15. The molecule has 1 saturated carbocycles. The van der Waals surface area contributed by atoms with E-state index in [0.717, 1.165) is 17.7 Å². The number of nitrogens with one attached hydrogen (secondary N) is 2. The first-order valence-corrected chi connectivity index (χ1v) is 9.91. The monoisotopic (exact) mass is 380 g/mol. The van der Waals surface area contributed by atoms with Gasteiger partial charge >= 0.3 is 0 Å². The lowest BCUT2D eigenvalue weighted by Crippen LogP contribution is -2.43. The zero-order valence-electron chi connectivity index (χ0n) is 11.9. The van der Waals surface area contributed by atoms with Crippen LogP contribution in [-0.2, 0) is 16.6 Å². The average molecular weight is 381 g/mol. The van der Waals surface area contributed by atoms with Crippen molar-refractivity contribution in [3.63, 3.8) is 0 Å². The molecule has 0 atom stereocenters. The van der Waals surface area contributed by atoms with Gasteiger partial charge in [-0.15, -0.1) is 11.3 Å². The van der Waals surface area contributed by atoms with Crippen molar-refractivity contribution >= 4 is 37.3 Å². The zero-order chi connectivity index (χ0) is 14.9. The second-order valence-electron chi connectivity index (χ2n) is 5.78. The molecule has 0 saturated heterocycles. The lowest BCUT2D eigenvalue weighted by Gasteiger charge is -2.32. The standard InChI is InChI=1S/C13H21BrN2O2S2/c1-8(2)15-7-11-6-12(13(14)19-11)20(17,18)16-10-4-9(3)5-10/h6,8-10,15-16H,4-5,7H2,1-3H3. The summed E-state index contributed by atoms with van der Waals surface area (Å²) in [6.07, 6.45) is 1.87. The van der Waals surface area contributed by atoms with Crippen molar-refractivity contribution in [3.8, 4) is 0 Å². The second-order valence-corrected chi connectivity index (χ2v) is 9.92. The van der Waals surface area contributed by atoms with Crippen LogP contribution in [0.25, 0.3) is 0 Å². The van der Waals surface area contributed by atoms with E-state index in [4.69, 9.17) is 0 Å². The van der Waals surface area contributed by atoms with E-state index >= 15 is 0 Å². The third-order valence-electron chi connectivity index (χ3n) is 3.38. The van der Waals surface area contributed by atoms with Crippen molar-refractivity contribution in [2.45, 2.75) is 57.1 Å². The van der Waals surface area contributed by atoms with Gasteiger partial charge in [-0.3, -0.25) is 0 Å². The number of sulfonamides is 1. The van der Waals surface area contributed by atoms with Crippen molar-refractivity contribution in [3.05, 3.63) is 14.7 Å². The van der Waals surface area contributed by atoms with Gasteiger partial charge in [0.25, 0.3) is 0 Å². The molecule has 0 radical (unpaired) electrons. The molecule has 0 unspecified atom stereocenters. The minimum absolute atomic E-state index is 0.0963. The van der Waals surface area contributed by atoms with Crippen LogP contribution >= 0.6 is 27.3 Å². The Morgan fingerprint density at radius 2 is 2.10 bits per heavy atom. The summed E-state index contributed by atoms with van der Waals surface area (Å²) < 4.78 is 28.2. The van der Waals surface area contributed by atoms with E-state index < -0.39 is 10.0 Å². The number of halogens is 1. The molecule has 2 rings (SSSR count). The van der Waals surface area contributed by atoms with Gasteiger partial charge in [-0.2, -0.15) is 0 Å². The molecule has 1 aliphatic rings. The van der Waals surface area contributed by atoms with Gasteiger partial charge in [0, 0.05) is 23.5 Å². The van der Waals surface area contributed by atoms with Gasteiger partial charge < -0.3 is 5.32 Å². The van der Waals surface area contributed by atoms with Gasteiger partial charge in [0.05, 0.1) is 3.79 Å². The summed E-state index contributed by atoms with van der Waals surface area (Å²) in [4.78, 5) is 1.38. The molecule has 0 bridgehead atoms. The highest BCUT2D eigenvalue weighted by Crippen LogP contribution is 2.33. The maximum absolute atomic E-state index is 12.4. The molecular formula is C13H21BrN2O2S2. The molecule has 4 nitrogen and oxygen atoms in total. The van der Waals surface area contributed by atoms with Crippen LogP contribution in [0.4, 0.5) is 0 Å². The molecule has 1 heterocycles. The first-order chi connectivity index (χ1) is 9.28. The highest BCUT2D eigenvalue weighted by atomic mass is 79.9. The van der Waals surface area contributed by atoms with E-state index in [9.17, 15) is 8.42 Å². The Bertz CT molecular complexity index is 563. The third-order valence-corrected chi connectivity index (χ3v) is 7.15. The van der Waals surface area contributed by atoms with E-state index in [1.807, 2.05) is 0 Å². The Kier molecular flexibility index (Phi) is 5.29. The summed E-state index contributed by atoms with van der Waals surface area (Å²) in [5.74, 6) is 0.624. The first-order valence-electron chi connectivity index (χ1n) is 6.82. The minimum atomic E-state index is -3.41. The fraction of sp³-hybridized carbons (Fsp3) is 0.692. The predicted octanol–water partition coefficient (Wildman–Crippen LogP) is 3.09. The van der Waals surface area contributed by atoms with Crippen LogP contribution in [-0.4, -0.2) is 20.5 Å². The number of thiophene rings is 1. The van der Waals surface area contributed by atoms with Gasteiger partial charge in [0.2, 0.25) is 10.0 Å². The lowest BCUT2D eigenvalue weighted by atomic mass is 9.83. The zero-order valence-corrected chi connectivity index (χ0v) is 15.2. The van der Waals surface area contributed by atoms with Crippen LogP contribution in [0, 0.1) is 5.92 Å². The molecule has 0 aliphatic heterocycles. The van der Waals surface area contributed by atoms with E-state index in [-0.39, 0.29) is 6.04 Å². The fourth-order valence-electron chi connectivity index (χ4n) is 2.25. The number of hydrogen-bond donors (Lipinski definition) is 2. The summed E-state index contributed by atoms with van der Waals surface area (Å²) in [5.41, 5.74) is 0. The molecule has 2 N–H and O–H groups in total. The Balaban J connectivity index is 2.07. The second kappa shape index (κ2) is 6.44. The molecule has 1 aromatic heterocycles. The summed E-state index contributed by atoms with van der Waals surface area (Å²) in [6, 6.07) is 2.23. The Hall–Kier alpha value is 0.0500. The molecular weight excluding hydrogens is 360 g/mol. The van der Waals surface area contributed by atoms with E-state index in [1.54, 1.807) is 6.07 Å². The molecule has 1 aliphatic carbocycles. The van der Waals surface area contributed by atoms with Crippen molar-refractivity contribution < 1.29 is 8.42 Å². The quantitative estimate of drug-likeness (QED) is 0.796. The molecule has 114 valence electrons. The molecule has 0 aromatic carbocycles. The van der Waals surface area contributed by atoms with Crippen molar-refractivity contribution in [2.24, 2.45) is 5.92 Å².